The molecule has 0 fully saturated rings. The standard InChI is InChI=1S/C14H14FN3O/c1-2-18-8-10(7-17-18)13(16)12-6-9-4-3-5-11(15)14(9)19-12/h3-8,13H,2,16H2,1H3. The van der Waals surface area contributed by atoms with Crippen LogP contribution >= 0.6 is 0 Å². The second kappa shape index (κ2) is 4.51. The van der Waals surface area contributed by atoms with E-state index < -0.39 is 6.04 Å². The average Bonchev–Trinajstić information content (AvgIpc) is 3.05. The summed E-state index contributed by atoms with van der Waals surface area (Å²) in [6, 6.07) is 6.15. The smallest absolute Gasteiger partial charge is 0.169 e. The zero-order chi connectivity index (χ0) is 13.4. The molecular weight excluding hydrogens is 245 g/mol. The van der Waals surface area contributed by atoms with Crippen molar-refractivity contribution in [1.29, 1.82) is 0 Å². The van der Waals surface area contributed by atoms with E-state index in [1.54, 1.807) is 29.1 Å². The molecule has 1 unspecified atom stereocenters. The highest BCUT2D eigenvalue weighted by molar-refractivity contribution is 5.78. The zero-order valence-electron chi connectivity index (χ0n) is 10.5. The van der Waals surface area contributed by atoms with Crippen molar-refractivity contribution in [3.63, 3.8) is 0 Å². The highest BCUT2D eigenvalue weighted by Gasteiger charge is 2.17. The van der Waals surface area contributed by atoms with Crippen molar-refractivity contribution >= 4 is 11.0 Å². The number of halogens is 1. The van der Waals surface area contributed by atoms with Crippen LogP contribution in [0.25, 0.3) is 11.0 Å². The van der Waals surface area contributed by atoms with Crippen molar-refractivity contribution < 1.29 is 8.81 Å². The van der Waals surface area contributed by atoms with E-state index in [2.05, 4.69) is 5.10 Å². The molecule has 2 N–H and O–H groups in total. The number of furan rings is 1. The number of aryl methyl sites for hydroxylation is 1. The fourth-order valence-corrected chi connectivity index (χ4v) is 2.08. The summed E-state index contributed by atoms with van der Waals surface area (Å²) in [4.78, 5) is 0. The van der Waals surface area contributed by atoms with Crippen LogP contribution in [0, 0.1) is 5.82 Å². The van der Waals surface area contributed by atoms with Gasteiger partial charge in [0.15, 0.2) is 11.4 Å². The average molecular weight is 259 g/mol. The van der Waals surface area contributed by atoms with Gasteiger partial charge in [-0.15, -0.1) is 0 Å². The first-order valence-corrected chi connectivity index (χ1v) is 6.15. The van der Waals surface area contributed by atoms with Crippen LogP contribution in [0.2, 0.25) is 0 Å². The van der Waals surface area contributed by atoms with Crippen LogP contribution in [0.5, 0.6) is 0 Å². The minimum Gasteiger partial charge on any atom is -0.456 e. The molecule has 3 rings (SSSR count). The largest absolute Gasteiger partial charge is 0.456 e. The number of fused-ring (bicyclic) bond motifs is 1. The Kier molecular flexibility index (Phi) is 2.83. The van der Waals surface area contributed by atoms with Crippen LogP contribution in [0.4, 0.5) is 4.39 Å². The number of nitrogens with two attached hydrogens (primary N) is 1. The molecule has 0 saturated carbocycles. The lowest BCUT2D eigenvalue weighted by molar-refractivity contribution is 0.502. The minimum absolute atomic E-state index is 0.246. The van der Waals surface area contributed by atoms with Gasteiger partial charge >= 0.3 is 0 Å². The Morgan fingerprint density at radius 2 is 2.32 bits per heavy atom. The number of nitrogens with zero attached hydrogens (tertiary/aromatic N) is 2. The third kappa shape index (κ3) is 2.02. The van der Waals surface area contributed by atoms with Gasteiger partial charge in [-0.25, -0.2) is 4.39 Å². The van der Waals surface area contributed by atoms with Crippen LogP contribution in [0.1, 0.15) is 24.3 Å². The van der Waals surface area contributed by atoms with Gasteiger partial charge in [0.1, 0.15) is 5.76 Å². The molecule has 0 aliphatic carbocycles. The predicted molar refractivity (Wildman–Crippen MR) is 70.1 cm³/mol. The number of para-hydroxylation sites is 1. The van der Waals surface area contributed by atoms with Gasteiger partial charge in [0.05, 0.1) is 12.2 Å². The van der Waals surface area contributed by atoms with E-state index in [0.717, 1.165) is 12.1 Å². The molecule has 98 valence electrons. The van der Waals surface area contributed by atoms with E-state index in [4.69, 9.17) is 10.2 Å². The topological polar surface area (TPSA) is 57.0 Å². The fourth-order valence-electron chi connectivity index (χ4n) is 2.08. The molecule has 0 spiro atoms. The number of benzene rings is 1. The summed E-state index contributed by atoms with van der Waals surface area (Å²) in [5.74, 6) is 0.163. The van der Waals surface area contributed by atoms with Gasteiger partial charge in [0, 0.05) is 23.7 Å². The van der Waals surface area contributed by atoms with Crippen LogP contribution in [-0.4, -0.2) is 9.78 Å². The number of aromatic nitrogens is 2. The maximum Gasteiger partial charge on any atom is 0.169 e. The first-order valence-electron chi connectivity index (χ1n) is 6.15. The Balaban J connectivity index is 2.01. The summed E-state index contributed by atoms with van der Waals surface area (Å²) in [6.45, 7) is 2.78. The van der Waals surface area contributed by atoms with Crippen LogP contribution in [-0.2, 0) is 6.54 Å². The van der Waals surface area contributed by atoms with Gasteiger partial charge in [-0.05, 0) is 19.1 Å². The Labute approximate surface area is 109 Å². The molecule has 0 saturated heterocycles. The Hall–Kier alpha value is -2.14. The van der Waals surface area contributed by atoms with E-state index in [-0.39, 0.29) is 11.4 Å². The molecule has 2 aromatic heterocycles. The minimum atomic E-state index is -0.438. The number of hydrogen-bond acceptors (Lipinski definition) is 3. The second-order valence-electron chi connectivity index (χ2n) is 4.41. The highest BCUT2D eigenvalue weighted by atomic mass is 19.1. The second-order valence-corrected chi connectivity index (χ2v) is 4.41. The molecule has 5 heteroatoms. The molecule has 0 amide bonds. The molecule has 0 aliphatic rings. The summed E-state index contributed by atoms with van der Waals surface area (Å²) in [5.41, 5.74) is 7.22. The van der Waals surface area contributed by atoms with Crippen LogP contribution < -0.4 is 5.73 Å². The Morgan fingerprint density at radius 3 is 3.00 bits per heavy atom. The summed E-state index contributed by atoms with van der Waals surface area (Å²) in [7, 11) is 0. The molecule has 0 radical (unpaired) electrons. The maximum atomic E-state index is 13.6. The van der Waals surface area contributed by atoms with Gasteiger partial charge in [-0.1, -0.05) is 12.1 Å². The Bertz CT molecular complexity index is 716. The monoisotopic (exact) mass is 259 g/mol. The molecule has 1 atom stereocenters. The molecule has 1 aromatic carbocycles. The van der Waals surface area contributed by atoms with Crippen molar-refractivity contribution in [3.05, 3.63) is 53.8 Å². The van der Waals surface area contributed by atoms with Crippen molar-refractivity contribution in [1.82, 2.24) is 9.78 Å². The van der Waals surface area contributed by atoms with Crippen molar-refractivity contribution in [3.8, 4) is 0 Å². The summed E-state index contributed by atoms with van der Waals surface area (Å²) >= 11 is 0. The third-order valence-corrected chi connectivity index (χ3v) is 3.16. The summed E-state index contributed by atoms with van der Waals surface area (Å²) in [5, 5.41) is 4.89. The third-order valence-electron chi connectivity index (χ3n) is 3.16. The molecule has 4 nitrogen and oxygen atoms in total. The molecule has 0 aliphatic heterocycles. The Morgan fingerprint density at radius 1 is 1.47 bits per heavy atom. The fraction of sp³-hybridized carbons (Fsp3) is 0.214. The molecule has 0 bridgehead atoms. The lowest BCUT2D eigenvalue weighted by atomic mass is 10.1. The quantitative estimate of drug-likeness (QED) is 0.786. The van der Waals surface area contributed by atoms with Gasteiger partial charge < -0.3 is 10.2 Å². The lowest BCUT2D eigenvalue weighted by Gasteiger charge is -2.04. The number of hydrogen-bond donors (Lipinski definition) is 1. The number of rotatable bonds is 3. The molecule has 3 aromatic rings. The predicted octanol–water partition coefficient (Wildman–Crippen LogP) is 2.84. The van der Waals surface area contributed by atoms with Gasteiger partial charge in [0.2, 0.25) is 0 Å². The highest BCUT2D eigenvalue weighted by Crippen LogP contribution is 2.27. The molecular formula is C14H14FN3O. The van der Waals surface area contributed by atoms with Crippen LogP contribution in [0.3, 0.4) is 0 Å². The normalized spacial score (nSPS) is 13.0. The summed E-state index contributed by atoms with van der Waals surface area (Å²) in [6.07, 6.45) is 3.58. The SMILES string of the molecule is CCn1cc(C(N)c2cc3cccc(F)c3o2)cn1. The van der Waals surface area contributed by atoms with Crippen LogP contribution in [0.15, 0.2) is 41.1 Å². The summed E-state index contributed by atoms with van der Waals surface area (Å²) < 4.78 is 20.9. The first kappa shape index (κ1) is 11.9. The van der Waals surface area contributed by atoms with Gasteiger partial charge in [-0.3, -0.25) is 4.68 Å². The van der Waals surface area contributed by atoms with Crippen molar-refractivity contribution in [2.45, 2.75) is 19.5 Å². The lowest BCUT2D eigenvalue weighted by Crippen LogP contribution is -2.10. The maximum absolute atomic E-state index is 13.6. The molecule has 19 heavy (non-hydrogen) atoms. The zero-order valence-corrected chi connectivity index (χ0v) is 10.5. The molecule has 2 heterocycles. The van der Waals surface area contributed by atoms with Crippen molar-refractivity contribution in [2.75, 3.05) is 0 Å². The van der Waals surface area contributed by atoms with E-state index in [9.17, 15) is 4.39 Å². The first-order chi connectivity index (χ1) is 9.19. The van der Waals surface area contributed by atoms with Gasteiger partial charge in [0.25, 0.3) is 0 Å². The van der Waals surface area contributed by atoms with E-state index in [1.165, 1.54) is 6.07 Å². The van der Waals surface area contributed by atoms with Crippen molar-refractivity contribution in [2.24, 2.45) is 5.73 Å². The van der Waals surface area contributed by atoms with E-state index in [0.29, 0.717) is 11.1 Å². The van der Waals surface area contributed by atoms with E-state index >= 15 is 0 Å². The van der Waals surface area contributed by atoms with Gasteiger partial charge in [-0.2, -0.15) is 5.10 Å². The van der Waals surface area contributed by atoms with E-state index in [1.807, 2.05) is 13.1 Å².